The monoisotopic (exact) mass is 349 g/mol. The highest BCUT2D eigenvalue weighted by molar-refractivity contribution is 5.95. The summed E-state index contributed by atoms with van der Waals surface area (Å²) in [5, 5.41) is 6.96. The lowest BCUT2D eigenvalue weighted by Crippen LogP contribution is -2.26. The van der Waals surface area contributed by atoms with Gasteiger partial charge < -0.3 is 10.1 Å². The van der Waals surface area contributed by atoms with Gasteiger partial charge >= 0.3 is 5.97 Å². The number of rotatable bonds is 4. The van der Waals surface area contributed by atoms with E-state index in [0.717, 1.165) is 12.1 Å². The van der Waals surface area contributed by atoms with Crippen LogP contribution in [0.1, 0.15) is 36.1 Å². The topological polar surface area (TPSA) is 73.2 Å². The first kappa shape index (κ1) is 17.1. The molecule has 0 aliphatic carbocycles. The van der Waals surface area contributed by atoms with Crippen LogP contribution in [0.3, 0.4) is 0 Å². The lowest BCUT2D eigenvalue weighted by molar-refractivity contribution is -0.144. The SMILES string of the molecule is CCOC(=O)Cn1nc(C)c2c1NC(=O)C[C@@H]2c1ccc(F)cc1F. The number of nitrogens with zero attached hydrogens (tertiary/aromatic N) is 2. The molecule has 1 atom stereocenters. The van der Waals surface area contributed by atoms with E-state index in [1.54, 1.807) is 13.8 Å². The van der Waals surface area contributed by atoms with Gasteiger partial charge in [0.05, 0.1) is 12.3 Å². The van der Waals surface area contributed by atoms with E-state index in [2.05, 4.69) is 10.4 Å². The van der Waals surface area contributed by atoms with Crippen molar-refractivity contribution in [3.8, 4) is 0 Å². The molecule has 1 aromatic heterocycles. The molecule has 0 spiro atoms. The van der Waals surface area contributed by atoms with Gasteiger partial charge in [-0.05, 0) is 25.5 Å². The second-order valence-electron chi connectivity index (χ2n) is 5.78. The Morgan fingerprint density at radius 2 is 2.20 bits per heavy atom. The van der Waals surface area contributed by atoms with E-state index in [4.69, 9.17) is 4.74 Å². The Labute approximate surface area is 142 Å². The van der Waals surface area contributed by atoms with Gasteiger partial charge in [0.2, 0.25) is 5.91 Å². The van der Waals surface area contributed by atoms with Crippen LogP contribution in [-0.2, 0) is 20.9 Å². The minimum absolute atomic E-state index is 0.0154. The fourth-order valence-corrected chi connectivity index (χ4v) is 3.11. The van der Waals surface area contributed by atoms with Crippen molar-refractivity contribution in [3.05, 3.63) is 46.7 Å². The molecule has 1 aliphatic rings. The summed E-state index contributed by atoms with van der Waals surface area (Å²) in [5.74, 6) is -2.47. The zero-order chi connectivity index (χ0) is 18.1. The van der Waals surface area contributed by atoms with Crippen molar-refractivity contribution in [1.82, 2.24) is 9.78 Å². The Morgan fingerprint density at radius 3 is 2.88 bits per heavy atom. The minimum atomic E-state index is -0.719. The number of carbonyl (C=O) groups excluding carboxylic acids is 2. The second-order valence-corrected chi connectivity index (χ2v) is 5.78. The highest BCUT2D eigenvalue weighted by Gasteiger charge is 2.34. The standard InChI is InChI=1S/C17H17F2N3O3/c1-3-25-15(24)8-22-17-16(9(2)21-22)12(7-14(23)20-17)11-5-4-10(18)6-13(11)19/h4-6,12H,3,7-8H2,1-2H3,(H,20,23)/t12-/m1/s1. The fraction of sp³-hybridized carbons (Fsp3) is 0.353. The number of hydrogen-bond donors (Lipinski definition) is 1. The number of amides is 1. The third-order valence-electron chi connectivity index (χ3n) is 4.09. The molecule has 0 fully saturated rings. The van der Waals surface area contributed by atoms with Gasteiger partial charge in [0.15, 0.2) is 0 Å². The largest absolute Gasteiger partial charge is 0.465 e. The predicted octanol–water partition coefficient (Wildman–Crippen LogP) is 2.51. The summed E-state index contributed by atoms with van der Waals surface area (Å²) in [4.78, 5) is 23.8. The molecule has 1 N–H and O–H groups in total. The van der Waals surface area contributed by atoms with Crippen molar-refractivity contribution in [2.75, 3.05) is 11.9 Å². The Bertz CT molecular complexity index is 848. The maximum atomic E-state index is 14.2. The van der Waals surface area contributed by atoms with Crippen LogP contribution >= 0.6 is 0 Å². The molecule has 0 bridgehead atoms. The predicted molar refractivity (Wildman–Crippen MR) is 85.0 cm³/mol. The van der Waals surface area contributed by atoms with Gasteiger partial charge in [-0.1, -0.05) is 6.07 Å². The number of anilines is 1. The van der Waals surface area contributed by atoms with Crippen LogP contribution in [0.5, 0.6) is 0 Å². The van der Waals surface area contributed by atoms with E-state index in [-0.39, 0.29) is 31.0 Å². The minimum Gasteiger partial charge on any atom is -0.465 e. The van der Waals surface area contributed by atoms with Crippen molar-refractivity contribution in [3.63, 3.8) is 0 Å². The van der Waals surface area contributed by atoms with E-state index in [9.17, 15) is 18.4 Å². The summed E-state index contributed by atoms with van der Waals surface area (Å²) in [6.45, 7) is 3.48. The van der Waals surface area contributed by atoms with Gasteiger partial charge in [-0.2, -0.15) is 5.10 Å². The molecule has 25 heavy (non-hydrogen) atoms. The summed E-state index contributed by atoms with van der Waals surface area (Å²) in [7, 11) is 0. The first-order valence-electron chi connectivity index (χ1n) is 7.88. The van der Waals surface area contributed by atoms with Gasteiger partial charge in [0.1, 0.15) is 24.0 Å². The molecular formula is C17H17F2N3O3. The summed E-state index contributed by atoms with van der Waals surface area (Å²) in [5.41, 5.74) is 1.40. The smallest absolute Gasteiger partial charge is 0.327 e. The Balaban J connectivity index is 2.05. The van der Waals surface area contributed by atoms with Crippen molar-refractivity contribution in [2.24, 2.45) is 0 Å². The molecule has 1 aliphatic heterocycles. The van der Waals surface area contributed by atoms with Crippen LogP contribution in [0.4, 0.5) is 14.6 Å². The molecular weight excluding hydrogens is 332 g/mol. The average Bonchev–Trinajstić information content (AvgIpc) is 2.83. The van der Waals surface area contributed by atoms with Crippen LogP contribution in [-0.4, -0.2) is 28.3 Å². The van der Waals surface area contributed by atoms with E-state index in [1.165, 1.54) is 10.7 Å². The summed E-state index contributed by atoms with van der Waals surface area (Å²) >= 11 is 0. The van der Waals surface area contributed by atoms with Gasteiger partial charge in [0.25, 0.3) is 0 Å². The normalized spacial score (nSPS) is 16.3. The fourth-order valence-electron chi connectivity index (χ4n) is 3.11. The number of hydrogen-bond acceptors (Lipinski definition) is 4. The van der Waals surface area contributed by atoms with E-state index >= 15 is 0 Å². The maximum Gasteiger partial charge on any atom is 0.327 e. The molecule has 132 valence electrons. The number of halogens is 2. The number of esters is 1. The average molecular weight is 349 g/mol. The van der Waals surface area contributed by atoms with Crippen molar-refractivity contribution < 1.29 is 23.1 Å². The molecule has 0 saturated carbocycles. The number of ether oxygens (including phenoxy) is 1. The summed E-state index contributed by atoms with van der Waals surface area (Å²) < 4.78 is 33.7. The molecule has 2 aromatic rings. The Morgan fingerprint density at radius 1 is 1.44 bits per heavy atom. The number of aromatic nitrogens is 2. The van der Waals surface area contributed by atoms with Gasteiger partial charge in [-0.25, -0.2) is 13.5 Å². The maximum absolute atomic E-state index is 14.2. The number of fused-ring (bicyclic) bond motifs is 1. The number of benzene rings is 1. The van der Waals surface area contributed by atoms with Crippen LogP contribution in [0.25, 0.3) is 0 Å². The van der Waals surface area contributed by atoms with Crippen LogP contribution in [0.15, 0.2) is 18.2 Å². The third kappa shape index (κ3) is 3.24. The van der Waals surface area contributed by atoms with E-state index < -0.39 is 23.5 Å². The highest BCUT2D eigenvalue weighted by Crippen LogP contribution is 2.40. The molecule has 3 rings (SSSR count). The van der Waals surface area contributed by atoms with Crippen LogP contribution in [0, 0.1) is 18.6 Å². The molecule has 1 amide bonds. The Hall–Kier alpha value is -2.77. The van der Waals surface area contributed by atoms with Gasteiger partial charge in [-0.15, -0.1) is 0 Å². The molecule has 2 heterocycles. The van der Waals surface area contributed by atoms with Crippen LogP contribution < -0.4 is 5.32 Å². The van der Waals surface area contributed by atoms with E-state index in [1.807, 2.05) is 0 Å². The first-order chi connectivity index (χ1) is 11.9. The number of aryl methyl sites for hydroxylation is 1. The van der Waals surface area contributed by atoms with Gasteiger partial charge in [0, 0.05) is 24.0 Å². The number of carbonyl (C=O) groups is 2. The second kappa shape index (κ2) is 6.62. The zero-order valence-corrected chi connectivity index (χ0v) is 13.8. The van der Waals surface area contributed by atoms with E-state index in [0.29, 0.717) is 17.1 Å². The Kier molecular flexibility index (Phi) is 4.52. The van der Waals surface area contributed by atoms with Crippen molar-refractivity contribution >= 4 is 17.7 Å². The first-order valence-corrected chi connectivity index (χ1v) is 7.88. The lowest BCUT2D eigenvalue weighted by atomic mass is 9.85. The van der Waals surface area contributed by atoms with Gasteiger partial charge in [-0.3, -0.25) is 9.59 Å². The third-order valence-corrected chi connectivity index (χ3v) is 4.09. The molecule has 8 heteroatoms. The zero-order valence-electron chi connectivity index (χ0n) is 13.8. The lowest BCUT2D eigenvalue weighted by Gasteiger charge is -2.24. The molecule has 0 radical (unpaired) electrons. The highest BCUT2D eigenvalue weighted by atomic mass is 19.1. The molecule has 0 unspecified atom stereocenters. The molecule has 1 aromatic carbocycles. The van der Waals surface area contributed by atoms with Crippen LogP contribution in [0.2, 0.25) is 0 Å². The molecule has 0 saturated heterocycles. The quantitative estimate of drug-likeness (QED) is 0.861. The van der Waals surface area contributed by atoms with Crippen molar-refractivity contribution in [2.45, 2.75) is 32.7 Å². The number of nitrogens with one attached hydrogen (secondary N) is 1. The summed E-state index contributed by atoms with van der Waals surface area (Å²) in [6.07, 6.45) is 0.0154. The summed E-state index contributed by atoms with van der Waals surface area (Å²) in [6, 6.07) is 3.28. The molecule has 6 nitrogen and oxygen atoms in total. The van der Waals surface area contributed by atoms with Crippen molar-refractivity contribution in [1.29, 1.82) is 0 Å².